The largest absolute Gasteiger partial charge is 0.463 e. The van der Waals surface area contributed by atoms with Crippen molar-refractivity contribution in [1.29, 1.82) is 0 Å². The van der Waals surface area contributed by atoms with Crippen molar-refractivity contribution >= 4 is 23.9 Å². The lowest BCUT2D eigenvalue weighted by atomic mass is 9.97. The Hall–Kier alpha value is -2.20. The van der Waals surface area contributed by atoms with Crippen LogP contribution in [-0.4, -0.2) is 74.7 Å². The minimum Gasteiger partial charge on any atom is -0.463 e. The van der Waals surface area contributed by atoms with E-state index >= 15 is 0 Å². The topological polar surface area (TPSA) is 124 Å². The van der Waals surface area contributed by atoms with Crippen LogP contribution in [0.15, 0.2) is 0 Å². The third-order valence-electron chi connectivity index (χ3n) is 3.38. The first-order valence-corrected chi connectivity index (χ1v) is 8.31. The van der Waals surface area contributed by atoms with Crippen LogP contribution < -0.4 is 0 Å². The molecule has 0 atom stereocenters. The highest BCUT2D eigenvalue weighted by atomic mass is 16.7. The average Bonchev–Trinajstić information content (AvgIpc) is 2.62. The molecule has 10 heteroatoms. The molecule has 0 bridgehead atoms. The Labute approximate surface area is 151 Å². The summed E-state index contributed by atoms with van der Waals surface area (Å²) in [6.07, 6.45) is 0. The molecule has 148 valence electrons. The van der Waals surface area contributed by atoms with Crippen molar-refractivity contribution < 1.29 is 47.6 Å². The van der Waals surface area contributed by atoms with Gasteiger partial charge in [0.15, 0.2) is 0 Å². The van der Waals surface area contributed by atoms with Crippen molar-refractivity contribution in [2.75, 3.05) is 39.6 Å². The first-order valence-electron chi connectivity index (χ1n) is 8.31. The van der Waals surface area contributed by atoms with E-state index < -0.39 is 48.3 Å². The van der Waals surface area contributed by atoms with Gasteiger partial charge in [0, 0.05) is 0 Å². The van der Waals surface area contributed by atoms with Crippen molar-refractivity contribution in [3.8, 4) is 0 Å². The molecular formula is C16H24O10. The Morgan fingerprint density at radius 3 is 1.15 bits per heavy atom. The van der Waals surface area contributed by atoms with Crippen LogP contribution in [-0.2, 0) is 47.6 Å². The minimum absolute atomic E-state index is 0.0742. The molecule has 26 heavy (non-hydrogen) atoms. The first kappa shape index (κ1) is 21.8. The Morgan fingerprint density at radius 2 is 0.923 bits per heavy atom. The van der Waals surface area contributed by atoms with Crippen LogP contribution in [0, 0.1) is 0 Å². The molecule has 0 amide bonds. The number of hydrogen-bond donors (Lipinski definition) is 0. The number of carbonyl (C=O) groups excluding carboxylic acids is 4. The van der Waals surface area contributed by atoms with E-state index in [-0.39, 0.29) is 26.4 Å². The fourth-order valence-electron chi connectivity index (χ4n) is 2.25. The van der Waals surface area contributed by atoms with Gasteiger partial charge in [0.05, 0.1) is 39.6 Å². The Morgan fingerprint density at radius 1 is 0.654 bits per heavy atom. The van der Waals surface area contributed by atoms with Crippen LogP contribution in [0.1, 0.15) is 27.7 Å². The zero-order valence-electron chi connectivity index (χ0n) is 15.3. The van der Waals surface area contributed by atoms with Crippen LogP contribution >= 0.6 is 0 Å². The molecular weight excluding hydrogens is 352 g/mol. The predicted octanol–water partition coefficient (Wildman–Crippen LogP) is -0.237. The van der Waals surface area contributed by atoms with E-state index in [0.29, 0.717) is 0 Å². The molecule has 1 saturated heterocycles. The second-order valence-electron chi connectivity index (χ2n) is 5.13. The number of carbonyl (C=O) groups is 4. The van der Waals surface area contributed by atoms with Crippen molar-refractivity contribution in [3.05, 3.63) is 0 Å². The first-order chi connectivity index (χ1) is 12.3. The van der Waals surface area contributed by atoms with Crippen LogP contribution in [0.25, 0.3) is 0 Å². The molecule has 0 radical (unpaired) electrons. The van der Waals surface area contributed by atoms with Crippen LogP contribution in [0.2, 0.25) is 0 Å². The van der Waals surface area contributed by atoms with Crippen molar-refractivity contribution in [2.24, 2.45) is 0 Å². The van der Waals surface area contributed by atoms with E-state index in [9.17, 15) is 19.2 Å². The molecule has 0 N–H and O–H groups in total. The molecule has 1 heterocycles. The van der Waals surface area contributed by atoms with Gasteiger partial charge in [0.25, 0.3) is 11.2 Å². The summed E-state index contributed by atoms with van der Waals surface area (Å²) in [6.45, 7) is 4.59. The molecule has 0 aromatic rings. The van der Waals surface area contributed by atoms with Gasteiger partial charge in [-0.1, -0.05) is 0 Å². The number of rotatable bonds is 8. The van der Waals surface area contributed by atoms with Crippen LogP contribution in [0.3, 0.4) is 0 Å². The highest BCUT2D eigenvalue weighted by molar-refractivity contribution is 6.08. The number of esters is 4. The number of ether oxygens (including phenoxy) is 6. The molecule has 10 nitrogen and oxygen atoms in total. The molecule has 0 aromatic heterocycles. The quantitative estimate of drug-likeness (QED) is 0.318. The fraction of sp³-hybridized carbons (Fsp3) is 0.750. The summed E-state index contributed by atoms with van der Waals surface area (Å²) in [7, 11) is 0. The van der Waals surface area contributed by atoms with E-state index in [2.05, 4.69) is 0 Å². The molecule has 0 aliphatic carbocycles. The zero-order chi connectivity index (χ0) is 19.8. The lowest BCUT2D eigenvalue weighted by Gasteiger charge is -2.41. The summed E-state index contributed by atoms with van der Waals surface area (Å²) in [5.74, 6) is -4.57. The maximum absolute atomic E-state index is 12.5. The van der Waals surface area contributed by atoms with Crippen molar-refractivity contribution in [1.82, 2.24) is 0 Å². The monoisotopic (exact) mass is 376 g/mol. The van der Waals surface area contributed by atoms with Gasteiger partial charge >= 0.3 is 23.9 Å². The summed E-state index contributed by atoms with van der Waals surface area (Å²) in [6, 6.07) is 0. The van der Waals surface area contributed by atoms with E-state index in [0.717, 1.165) is 0 Å². The summed E-state index contributed by atoms with van der Waals surface area (Å²) >= 11 is 0. The van der Waals surface area contributed by atoms with Gasteiger partial charge in [0.1, 0.15) is 0 Å². The van der Waals surface area contributed by atoms with Gasteiger partial charge in [-0.05, 0) is 27.7 Å². The normalized spacial score (nSPS) is 17.7. The second-order valence-corrected chi connectivity index (χ2v) is 5.13. The smallest absolute Gasteiger partial charge is 0.352 e. The standard InChI is InChI=1S/C16H24O10/c1-5-22-11(17)15(12(18)23-6-2)9-21-10-16(26-15,13(19)24-7-3)14(20)25-8-4/h5-10H2,1-4H3. The highest BCUT2D eigenvalue weighted by Gasteiger charge is 2.65. The zero-order valence-corrected chi connectivity index (χ0v) is 15.3. The van der Waals surface area contributed by atoms with E-state index in [1.807, 2.05) is 0 Å². The van der Waals surface area contributed by atoms with Gasteiger partial charge in [-0.3, -0.25) is 0 Å². The summed E-state index contributed by atoms with van der Waals surface area (Å²) < 4.78 is 30.2. The molecule has 1 fully saturated rings. The molecule has 0 aromatic carbocycles. The highest BCUT2D eigenvalue weighted by Crippen LogP contribution is 2.32. The van der Waals surface area contributed by atoms with Gasteiger partial charge in [-0.15, -0.1) is 0 Å². The van der Waals surface area contributed by atoms with E-state index in [1.54, 1.807) is 0 Å². The second kappa shape index (κ2) is 9.48. The van der Waals surface area contributed by atoms with Gasteiger partial charge < -0.3 is 28.4 Å². The molecule has 1 aliphatic rings. The van der Waals surface area contributed by atoms with Gasteiger partial charge in [-0.2, -0.15) is 0 Å². The molecule has 0 unspecified atom stereocenters. The molecule has 1 rings (SSSR count). The number of hydrogen-bond acceptors (Lipinski definition) is 10. The van der Waals surface area contributed by atoms with E-state index in [1.165, 1.54) is 27.7 Å². The maximum atomic E-state index is 12.5. The van der Waals surface area contributed by atoms with E-state index in [4.69, 9.17) is 28.4 Å². The third-order valence-corrected chi connectivity index (χ3v) is 3.38. The Bertz CT molecular complexity index is 459. The maximum Gasteiger partial charge on any atom is 0.352 e. The third kappa shape index (κ3) is 4.13. The van der Waals surface area contributed by atoms with Gasteiger partial charge in [0.2, 0.25) is 0 Å². The minimum atomic E-state index is -2.45. The molecule has 1 aliphatic heterocycles. The van der Waals surface area contributed by atoms with Crippen molar-refractivity contribution in [3.63, 3.8) is 0 Å². The lowest BCUT2D eigenvalue weighted by Crippen LogP contribution is -2.69. The predicted molar refractivity (Wildman–Crippen MR) is 83.9 cm³/mol. The van der Waals surface area contributed by atoms with Crippen LogP contribution in [0.5, 0.6) is 0 Å². The Kier molecular flexibility index (Phi) is 7.97. The fourth-order valence-corrected chi connectivity index (χ4v) is 2.25. The summed E-state index contributed by atoms with van der Waals surface area (Å²) in [5.41, 5.74) is -4.91. The lowest BCUT2D eigenvalue weighted by molar-refractivity contribution is -0.260. The summed E-state index contributed by atoms with van der Waals surface area (Å²) in [4.78, 5) is 49.8. The van der Waals surface area contributed by atoms with Crippen LogP contribution in [0.4, 0.5) is 0 Å². The van der Waals surface area contributed by atoms with Crippen molar-refractivity contribution in [2.45, 2.75) is 38.9 Å². The average molecular weight is 376 g/mol. The SMILES string of the molecule is CCOC(=O)C1(C(=O)OCC)COCC(C(=O)OCC)(C(=O)OCC)O1. The van der Waals surface area contributed by atoms with Gasteiger partial charge in [-0.25, -0.2) is 19.2 Å². The summed E-state index contributed by atoms with van der Waals surface area (Å²) in [5, 5.41) is 0. The Balaban J connectivity index is 3.40. The molecule has 0 saturated carbocycles. The molecule has 0 spiro atoms.